The van der Waals surface area contributed by atoms with Crippen LogP contribution in [-0.2, 0) is 4.74 Å². The van der Waals surface area contributed by atoms with Crippen molar-refractivity contribution < 1.29 is 14.9 Å². The number of rotatable bonds is 3. The van der Waals surface area contributed by atoms with E-state index in [1.165, 1.54) is 10.9 Å². The van der Waals surface area contributed by atoms with Crippen molar-refractivity contribution in [2.75, 3.05) is 19.0 Å². The molecule has 3 rings (SSSR count). The average Bonchev–Trinajstić information content (AvgIpc) is 2.97. The standard InChI is InChI=1S/C11H15N5O4/c1-12-9-8-10(14-4-13-9)16(11(19)15-8)7-2-5(18)6(3-17)20-7/h4-7,17-18H,2-3H2,1H3,(H,15,19)(H,12,13,14). The second kappa shape index (κ2) is 4.85. The Labute approximate surface area is 113 Å². The van der Waals surface area contributed by atoms with E-state index in [4.69, 9.17) is 9.84 Å². The number of H-pyrrole nitrogens is 1. The van der Waals surface area contributed by atoms with Gasteiger partial charge >= 0.3 is 5.69 Å². The Morgan fingerprint density at radius 1 is 1.60 bits per heavy atom. The van der Waals surface area contributed by atoms with Crippen LogP contribution in [-0.4, -0.2) is 55.6 Å². The molecule has 9 heteroatoms. The van der Waals surface area contributed by atoms with Crippen molar-refractivity contribution in [1.82, 2.24) is 19.5 Å². The Hall–Kier alpha value is -1.97. The topological polar surface area (TPSA) is 125 Å². The van der Waals surface area contributed by atoms with Crippen molar-refractivity contribution in [1.29, 1.82) is 0 Å². The molecular weight excluding hydrogens is 266 g/mol. The van der Waals surface area contributed by atoms with Gasteiger partial charge in [0.1, 0.15) is 24.2 Å². The fourth-order valence-corrected chi connectivity index (χ4v) is 2.43. The van der Waals surface area contributed by atoms with Gasteiger partial charge in [-0.3, -0.25) is 0 Å². The summed E-state index contributed by atoms with van der Waals surface area (Å²) in [7, 11) is 1.69. The first-order chi connectivity index (χ1) is 9.65. The number of nitrogens with zero attached hydrogens (tertiary/aromatic N) is 3. The number of aliphatic hydroxyl groups is 2. The minimum absolute atomic E-state index is 0.219. The van der Waals surface area contributed by atoms with Gasteiger partial charge in [-0.15, -0.1) is 0 Å². The van der Waals surface area contributed by atoms with Crippen LogP contribution < -0.4 is 11.0 Å². The summed E-state index contributed by atoms with van der Waals surface area (Å²) in [5.74, 6) is 0.503. The van der Waals surface area contributed by atoms with Gasteiger partial charge in [-0.1, -0.05) is 0 Å². The van der Waals surface area contributed by atoms with E-state index in [2.05, 4.69) is 20.3 Å². The second-order valence-corrected chi connectivity index (χ2v) is 4.59. The number of aliphatic hydroxyl groups excluding tert-OH is 2. The number of nitrogens with one attached hydrogen (secondary N) is 2. The van der Waals surface area contributed by atoms with Crippen LogP contribution in [0, 0.1) is 0 Å². The molecule has 3 heterocycles. The molecule has 108 valence electrons. The van der Waals surface area contributed by atoms with E-state index in [-0.39, 0.29) is 13.0 Å². The van der Waals surface area contributed by atoms with Crippen molar-refractivity contribution in [3.8, 4) is 0 Å². The molecule has 1 fully saturated rings. The maximum absolute atomic E-state index is 12.1. The molecule has 3 unspecified atom stereocenters. The van der Waals surface area contributed by atoms with E-state index in [1.807, 2.05) is 0 Å². The Balaban J connectivity index is 2.09. The van der Waals surface area contributed by atoms with Crippen LogP contribution in [0.25, 0.3) is 11.2 Å². The molecule has 0 radical (unpaired) electrons. The third-order valence-corrected chi connectivity index (χ3v) is 3.42. The predicted octanol–water partition coefficient (Wildman–Crippen LogP) is -1.20. The van der Waals surface area contributed by atoms with Crippen molar-refractivity contribution in [2.24, 2.45) is 0 Å². The Morgan fingerprint density at radius 3 is 3.05 bits per heavy atom. The third kappa shape index (κ3) is 1.87. The molecule has 0 bridgehead atoms. The summed E-state index contributed by atoms with van der Waals surface area (Å²) in [4.78, 5) is 22.9. The van der Waals surface area contributed by atoms with Gasteiger partial charge in [-0.2, -0.15) is 0 Å². The highest BCUT2D eigenvalue weighted by Gasteiger charge is 2.36. The molecule has 2 aromatic rings. The van der Waals surface area contributed by atoms with Crippen LogP contribution >= 0.6 is 0 Å². The zero-order chi connectivity index (χ0) is 14.3. The van der Waals surface area contributed by atoms with E-state index in [0.29, 0.717) is 17.0 Å². The highest BCUT2D eigenvalue weighted by molar-refractivity contribution is 5.82. The molecule has 3 atom stereocenters. The van der Waals surface area contributed by atoms with E-state index in [1.54, 1.807) is 7.05 Å². The lowest BCUT2D eigenvalue weighted by atomic mass is 10.2. The van der Waals surface area contributed by atoms with Gasteiger partial charge in [0.2, 0.25) is 0 Å². The van der Waals surface area contributed by atoms with Crippen molar-refractivity contribution in [3.63, 3.8) is 0 Å². The molecule has 0 spiro atoms. The summed E-state index contributed by atoms with van der Waals surface area (Å²) >= 11 is 0. The molecule has 4 N–H and O–H groups in total. The smallest absolute Gasteiger partial charge is 0.329 e. The monoisotopic (exact) mass is 281 g/mol. The van der Waals surface area contributed by atoms with Crippen LogP contribution in [0.2, 0.25) is 0 Å². The van der Waals surface area contributed by atoms with Crippen molar-refractivity contribution in [3.05, 3.63) is 16.8 Å². The predicted molar refractivity (Wildman–Crippen MR) is 69.3 cm³/mol. The van der Waals surface area contributed by atoms with E-state index < -0.39 is 24.1 Å². The van der Waals surface area contributed by atoms with Gasteiger partial charge < -0.3 is 25.3 Å². The summed E-state index contributed by atoms with van der Waals surface area (Å²) < 4.78 is 6.82. The number of imidazole rings is 1. The molecule has 0 saturated carbocycles. The van der Waals surface area contributed by atoms with Gasteiger partial charge in [0.05, 0.1) is 12.7 Å². The molecule has 2 aromatic heterocycles. The Bertz CT molecular complexity index is 681. The number of hydrogen-bond acceptors (Lipinski definition) is 7. The van der Waals surface area contributed by atoms with Gasteiger partial charge in [0, 0.05) is 13.5 Å². The van der Waals surface area contributed by atoms with Crippen molar-refractivity contribution >= 4 is 17.0 Å². The highest BCUT2D eigenvalue weighted by atomic mass is 16.5. The third-order valence-electron chi connectivity index (χ3n) is 3.42. The Morgan fingerprint density at radius 2 is 2.40 bits per heavy atom. The molecule has 20 heavy (non-hydrogen) atoms. The SMILES string of the molecule is CNc1ncnc2c1[nH]c(=O)n2C1CC(O)C(CO)O1. The van der Waals surface area contributed by atoms with Gasteiger partial charge in [-0.05, 0) is 0 Å². The first-order valence-corrected chi connectivity index (χ1v) is 6.23. The lowest BCUT2D eigenvalue weighted by Crippen LogP contribution is -2.25. The highest BCUT2D eigenvalue weighted by Crippen LogP contribution is 2.29. The number of fused-ring (bicyclic) bond motifs is 1. The van der Waals surface area contributed by atoms with Crippen LogP contribution in [0.5, 0.6) is 0 Å². The number of aromatic nitrogens is 4. The first-order valence-electron chi connectivity index (χ1n) is 6.23. The maximum Gasteiger partial charge on any atom is 0.329 e. The maximum atomic E-state index is 12.1. The van der Waals surface area contributed by atoms with Crippen LogP contribution in [0.4, 0.5) is 5.82 Å². The van der Waals surface area contributed by atoms with E-state index >= 15 is 0 Å². The molecule has 1 aliphatic heterocycles. The van der Waals surface area contributed by atoms with Gasteiger partial charge in [-0.25, -0.2) is 19.3 Å². The number of anilines is 1. The summed E-state index contributed by atoms with van der Waals surface area (Å²) in [5.41, 5.74) is 0.475. The minimum Gasteiger partial charge on any atom is -0.394 e. The molecule has 0 aromatic carbocycles. The van der Waals surface area contributed by atoms with Gasteiger partial charge in [0.25, 0.3) is 0 Å². The van der Waals surface area contributed by atoms with E-state index in [9.17, 15) is 9.90 Å². The molecule has 1 aliphatic rings. The zero-order valence-corrected chi connectivity index (χ0v) is 10.8. The average molecular weight is 281 g/mol. The lowest BCUT2D eigenvalue weighted by molar-refractivity contribution is -0.0441. The van der Waals surface area contributed by atoms with Crippen molar-refractivity contribution in [2.45, 2.75) is 24.9 Å². The fourth-order valence-electron chi connectivity index (χ4n) is 2.43. The lowest BCUT2D eigenvalue weighted by Gasteiger charge is -2.12. The number of hydrogen-bond donors (Lipinski definition) is 4. The minimum atomic E-state index is -0.813. The van der Waals surface area contributed by atoms with Crippen LogP contribution in [0.15, 0.2) is 11.1 Å². The van der Waals surface area contributed by atoms with Crippen LogP contribution in [0.3, 0.4) is 0 Å². The normalized spacial score (nSPS) is 26.2. The number of aromatic amines is 1. The molecule has 9 nitrogen and oxygen atoms in total. The zero-order valence-electron chi connectivity index (χ0n) is 10.8. The summed E-state index contributed by atoms with van der Waals surface area (Å²) in [5, 5.41) is 21.7. The number of ether oxygens (including phenoxy) is 1. The quantitative estimate of drug-likeness (QED) is 0.557. The summed E-state index contributed by atoms with van der Waals surface area (Å²) in [6.07, 6.45) is -0.609. The molecule has 0 amide bonds. The first kappa shape index (κ1) is 13.0. The largest absolute Gasteiger partial charge is 0.394 e. The van der Waals surface area contributed by atoms with Crippen LogP contribution in [0.1, 0.15) is 12.6 Å². The summed E-state index contributed by atoms with van der Waals surface area (Å²) in [6.45, 7) is -0.300. The molecular formula is C11H15N5O4. The van der Waals surface area contributed by atoms with Gasteiger partial charge in [0.15, 0.2) is 11.5 Å². The second-order valence-electron chi connectivity index (χ2n) is 4.59. The Kier molecular flexibility index (Phi) is 3.16. The molecule has 1 saturated heterocycles. The fraction of sp³-hybridized carbons (Fsp3) is 0.545. The summed E-state index contributed by atoms with van der Waals surface area (Å²) in [6, 6.07) is 0. The van der Waals surface area contributed by atoms with E-state index in [0.717, 1.165) is 0 Å². The molecule has 0 aliphatic carbocycles.